The Hall–Kier alpha value is -1.26. The second-order valence-electron chi connectivity index (χ2n) is 9.94. The number of rotatable bonds is 1. The normalized spacial score (nSPS) is 47.9. The predicted molar refractivity (Wildman–Crippen MR) is 99.8 cm³/mol. The van der Waals surface area contributed by atoms with E-state index in [2.05, 4.69) is 36.6 Å². The van der Waals surface area contributed by atoms with Gasteiger partial charge < -0.3 is 26.9 Å². The van der Waals surface area contributed by atoms with Crippen LogP contribution in [0.2, 0.25) is 0 Å². The summed E-state index contributed by atoms with van der Waals surface area (Å²) in [6, 6.07) is 9.56. The molecule has 5 heteroatoms. The van der Waals surface area contributed by atoms with Gasteiger partial charge in [-0.2, -0.15) is 0 Å². The van der Waals surface area contributed by atoms with Crippen molar-refractivity contribution in [2.75, 3.05) is 32.6 Å². The van der Waals surface area contributed by atoms with E-state index in [4.69, 9.17) is 4.74 Å². The number of nitrogens with one attached hydrogen (secondary N) is 1. The Bertz CT molecular complexity index is 830. The minimum absolute atomic E-state index is 0. The van der Waals surface area contributed by atoms with Crippen LogP contribution in [0.25, 0.3) is 0 Å². The monoisotopic (exact) mass is 388 g/mol. The number of para-hydroxylation sites is 1. The van der Waals surface area contributed by atoms with Gasteiger partial charge in [-0.1, -0.05) is 18.2 Å². The first-order valence-corrected chi connectivity index (χ1v) is 10.3. The first-order chi connectivity index (χ1) is 12.5. The van der Waals surface area contributed by atoms with E-state index < -0.39 is 0 Å². The van der Waals surface area contributed by atoms with Gasteiger partial charge in [-0.3, -0.25) is 4.79 Å². The highest BCUT2D eigenvalue weighted by Crippen LogP contribution is 2.75. The lowest BCUT2D eigenvalue weighted by molar-refractivity contribution is -0.939. The van der Waals surface area contributed by atoms with Crippen LogP contribution in [0, 0.1) is 11.3 Å². The molecule has 5 fully saturated rings. The maximum Gasteiger partial charge on any atom is 0.311 e. The molecule has 3 aliphatic heterocycles. The molecule has 4 nitrogen and oxygen atoms in total. The van der Waals surface area contributed by atoms with Gasteiger partial charge in [0.25, 0.3) is 0 Å². The number of carbonyl (C=O) groups is 1. The van der Waals surface area contributed by atoms with Crippen molar-refractivity contribution in [2.45, 2.75) is 55.5 Å². The third-order valence-corrected chi connectivity index (χ3v) is 9.30. The summed E-state index contributed by atoms with van der Waals surface area (Å²) in [7, 11) is 4.07. The number of hydrogen-bond acceptors (Lipinski definition) is 3. The summed E-state index contributed by atoms with van der Waals surface area (Å²) >= 11 is 0. The summed E-state index contributed by atoms with van der Waals surface area (Å²) in [6.07, 6.45) is 7.19. The minimum atomic E-state index is -0.149. The van der Waals surface area contributed by atoms with Crippen molar-refractivity contribution < 1.29 is 26.4 Å². The second-order valence-corrected chi connectivity index (χ2v) is 9.94. The van der Waals surface area contributed by atoms with Gasteiger partial charge in [0, 0.05) is 17.5 Å². The number of hydrogen-bond donors (Lipinski definition) is 1. The van der Waals surface area contributed by atoms with E-state index in [9.17, 15) is 4.79 Å². The molecular weight excluding hydrogens is 360 g/mol. The molecule has 1 aromatic rings. The van der Waals surface area contributed by atoms with E-state index in [0.717, 1.165) is 12.8 Å². The number of methoxy groups -OCH3 is 1. The van der Waals surface area contributed by atoms with Gasteiger partial charge >= 0.3 is 5.97 Å². The Kier molecular flexibility index (Phi) is 3.44. The number of halogens is 1. The fourth-order valence-electron chi connectivity index (χ4n) is 8.79. The number of nitrogens with zero attached hydrogens (tertiary/aromatic N) is 1. The van der Waals surface area contributed by atoms with E-state index in [1.165, 1.54) is 54.5 Å². The molecule has 0 amide bonds. The van der Waals surface area contributed by atoms with Crippen LogP contribution in [0.4, 0.5) is 5.69 Å². The maximum absolute atomic E-state index is 13.0. The van der Waals surface area contributed by atoms with Crippen LogP contribution >= 0.6 is 0 Å². The molecule has 6 atom stereocenters. The van der Waals surface area contributed by atoms with Crippen LogP contribution in [0.5, 0.6) is 0 Å². The first kappa shape index (κ1) is 17.8. The van der Waals surface area contributed by atoms with E-state index in [1.54, 1.807) is 7.11 Å². The van der Waals surface area contributed by atoms with Gasteiger partial charge in [0.15, 0.2) is 0 Å². The molecule has 4 unspecified atom stereocenters. The SMILES string of the molecule is COC(=O)C1CC23CCC[N+]4(C)CC[C@@]5(c6ccccc6NC15CC2)[C@H]34.[Cl-]. The highest BCUT2D eigenvalue weighted by atomic mass is 35.5. The first-order valence-electron chi connectivity index (χ1n) is 10.3. The van der Waals surface area contributed by atoms with Gasteiger partial charge in [-0.15, -0.1) is 0 Å². The molecule has 1 aromatic carbocycles. The Morgan fingerprint density at radius 3 is 2.81 bits per heavy atom. The van der Waals surface area contributed by atoms with E-state index in [1.807, 2.05) is 0 Å². The highest BCUT2D eigenvalue weighted by Gasteiger charge is 2.83. The van der Waals surface area contributed by atoms with E-state index in [0.29, 0.717) is 11.5 Å². The average Bonchev–Trinajstić information content (AvgIpc) is 3.15. The highest BCUT2D eigenvalue weighted by molar-refractivity contribution is 5.80. The summed E-state index contributed by atoms with van der Waals surface area (Å²) in [5, 5.41) is 3.96. The van der Waals surface area contributed by atoms with Gasteiger partial charge in [0.2, 0.25) is 0 Å². The molecule has 146 valence electrons. The number of carbonyl (C=O) groups excluding carboxylic acids is 1. The average molecular weight is 389 g/mol. The summed E-state index contributed by atoms with van der Waals surface area (Å²) in [4.78, 5) is 13.0. The number of likely N-dealkylation sites (N-methyl/N-ethyl adjacent to an activating group) is 1. The molecule has 3 aliphatic carbocycles. The zero-order chi connectivity index (χ0) is 17.8. The van der Waals surface area contributed by atoms with Gasteiger partial charge in [0.05, 0.1) is 44.1 Å². The van der Waals surface area contributed by atoms with Crippen molar-refractivity contribution in [1.82, 2.24) is 0 Å². The summed E-state index contributed by atoms with van der Waals surface area (Å²) in [5.41, 5.74) is 3.02. The third kappa shape index (κ3) is 1.70. The molecule has 2 bridgehead atoms. The van der Waals surface area contributed by atoms with Crippen LogP contribution in [0.3, 0.4) is 0 Å². The van der Waals surface area contributed by atoms with E-state index >= 15 is 0 Å². The molecule has 0 radical (unpaired) electrons. The lowest BCUT2D eigenvalue weighted by Gasteiger charge is -2.68. The van der Waals surface area contributed by atoms with E-state index in [-0.39, 0.29) is 35.2 Å². The zero-order valence-corrected chi connectivity index (χ0v) is 17.0. The molecule has 2 saturated heterocycles. The predicted octanol–water partition coefficient (Wildman–Crippen LogP) is 0.0785. The van der Waals surface area contributed by atoms with Crippen molar-refractivity contribution in [1.29, 1.82) is 0 Å². The van der Waals surface area contributed by atoms with Crippen LogP contribution in [0.15, 0.2) is 24.3 Å². The van der Waals surface area contributed by atoms with Crippen molar-refractivity contribution in [3.05, 3.63) is 29.8 Å². The minimum Gasteiger partial charge on any atom is -1.00 e. The molecule has 1 N–H and O–H groups in total. The Labute approximate surface area is 167 Å². The Morgan fingerprint density at radius 2 is 2.00 bits per heavy atom. The number of piperidine rings is 1. The second kappa shape index (κ2) is 5.21. The molecule has 27 heavy (non-hydrogen) atoms. The number of esters is 1. The fourth-order valence-corrected chi connectivity index (χ4v) is 8.79. The van der Waals surface area contributed by atoms with Crippen LogP contribution in [-0.2, 0) is 14.9 Å². The lowest BCUT2D eigenvalue weighted by atomic mass is 9.38. The molecule has 0 aromatic heterocycles. The third-order valence-electron chi connectivity index (χ3n) is 9.30. The van der Waals surface area contributed by atoms with Crippen LogP contribution in [0.1, 0.15) is 44.1 Å². The number of anilines is 1. The topological polar surface area (TPSA) is 38.3 Å². The van der Waals surface area contributed by atoms with Crippen molar-refractivity contribution in [3.8, 4) is 0 Å². The summed E-state index contributed by atoms with van der Waals surface area (Å²) in [5.74, 6) is -0.0107. The summed E-state index contributed by atoms with van der Waals surface area (Å²) < 4.78 is 6.58. The largest absolute Gasteiger partial charge is 1.00 e. The lowest BCUT2D eigenvalue weighted by Crippen LogP contribution is -3.00. The molecule has 7 rings (SSSR count). The standard InChI is InChI=1S/C22H29N2O2.ClH/c1-24-12-5-8-20-9-10-22(16(14-20)18(25)26-2)21(11-13-24,19(20)24)15-6-3-4-7-17(15)23-22;/h3-4,6-7,16,19,23H,5,8-14H2,1-2H3;1H/q+1;/p-1/t16?,19-,20?,21+,22?,24?;/m0./s1. The Balaban J connectivity index is 0.00000160. The number of benzene rings is 1. The molecular formula is C22H29ClN2O2. The van der Waals surface area contributed by atoms with Gasteiger partial charge in [-0.05, 0) is 43.7 Å². The van der Waals surface area contributed by atoms with Gasteiger partial charge in [0.1, 0.15) is 6.04 Å². The van der Waals surface area contributed by atoms with Crippen LogP contribution in [-0.4, -0.2) is 49.3 Å². The quantitative estimate of drug-likeness (QED) is 0.547. The molecule has 3 spiro atoms. The fraction of sp³-hybridized carbons (Fsp3) is 0.682. The maximum atomic E-state index is 13.0. The number of ether oxygens (including phenoxy) is 1. The smallest absolute Gasteiger partial charge is 0.311 e. The van der Waals surface area contributed by atoms with Gasteiger partial charge in [-0.25, -0.2) is 0 Å². The van der Waals surface area contributed by atoms with Crippen molar-refractivity contribution in [3.63, 3.8) is 0 Å². The number of quaternary nitrogens is 1. The van der Waals surface area contributed by atoms with Crippen molar-refractivity contribution in [2.24, 2.45) is 11.3 Å². The molecule has 3 saturated carbocycles. The molecule has 6 aliphatic rings. The Morgan fingerprint density at radius 1 is 1.19 bits per heavy atom. The zero-order valence-electron chi connectivity index (χ0n) is 16.3. The molecule has 3 heterocycles. The van der Waals surface area contributed by atoms with Crippen LogP contribution < -0.4 is 17.7 Å². The van der Waals surface area contributed by atoms with Crippen molar-refractivity contribution >= 4 is 11.7 Å². The number of fused-ring (bicyclic) bond motifs is 3. The summed E-state index contributed by atoms with van der Waals surface area (Å²) in [6.45, 7) is 2.55.